The van der Waals surface area contributed by atoms with E-state index in [-0.39, 0.29) is 0 Å². The zero-order valence-electron chi connectivity index (χ0n) is 20.3. The molecular formula is C24H54N2. The van der Waals surface area contributed by atoms with E-state index >= 15 is 0 Å². The molecule has 0 aliphatic heterocycles. The molecule has 0 N–H and O–H groups in total. The predicted molar refractivity (Wildman–Crippen MR) is 122 cm³/mol. The van der Waals surface area contributed by atoms with Gasteiger partial charge in [-0.05, 0) is 102 Å². The van der Waals surface area contributed by atoms with Crippen LogP contribution in [0.3, 0.4) is 0 Å². The summed E-state index contributed by atoms with van der Waals surface area (Å²) in [5.74, 6) is 3.40. The van der Waals surface area contributed by atoms with Gasteiger partial charge in [-0.3, -0.25) is 0 Å². The van der Waals surface area contributed by atoms with Crippen molar-refractivity contribution >= 4 is 0 Å². The van der Waals surface area contributed by atoms with Gasteiger partial charge in [0.1, 0.15) is 0 Å². The molecule has 2 nitrogen and oxygen atoms in total. The summed E-state index contributed by atoms with van der Waals surface area (Å²) in [6.45, 7) is 23.4. The van der Waals surface area contributed by atoms with E-state index in [9.17, 15) is 0 Å². The normalized spacial score (nSPS) is 12.0. The summed E-state index contributed by atoms with van der Waals surface area (Å²) in [7, 11) is 4.48. The van der Waals surface area contributed by atoms with Crippen molar-refractivity contribution in [3.63, 3.8) is 0 Å². The maximum Gasteiger partial charge on any atom is -0.00194 e. The van der Waals surface area contributed by atoms with Crippen LogP contribution < -0.4 is 0 Å². The Morgan fingerprint density at radius 2 is 0.692 bits per heavy atom. The average Bonchev–Trinajstić information content (AvgIpc) is 2.51. The highest BCUT2D eigenvalue weighted by Gasteiger charge is 2.02. The van der Waals surface area contributed by atoms with Crippen LogP contribution in [0.25, 0.3) is 0 Å². The Morgan fingerprint density at radius 1 is 0.423 bits per heavy atom. The van der Waals surface area contributed by atoms with Crippen LogP contribution in [0, 0.1) is 23.7 Å². The molecule has 0 saturated carbocycles. The minimum Gasteiger partial charge on any atom is -0.306 e. The summed E-state index contributed by atoms with van der Waals surface area (Å²) < 4.78 is 0. The van der Waals surface area contributed by atoms with Gasteiger partial charge in [0, 0.05) is 0 Å². The molecule has 0 spiro atoms. The standard InChI is InChI=1S/2C12H27N/c2*1-11(2)7-6-9-13(5)10-8-12(3)4/h2*11-12H,6-10H2,1-5H3. The summed E-state index contributed by atoms with van der Waals surface area (Å²) in [6, 6.07) is 0. The summed E-state index contributed by atoms with van der Waals surface area (Å²) in [4.78, 5) is 4.92. The van der Waals surface area contributed by atoms with Crippen molar-refractivity contribution < 1.29 is 0 Å². The maximum atomic E-state index is 2.46. The Labute approximate surface area is 168 Å². The average molecular weight is 371 g/mol. The zero-order chi connectivity index (χ0) is 20.5. The molecule has 0 aromatic carbocycles. The van der Waals surface area contributed by atoms with Crippen LogP contribution in [0.4, 0.5) is 0 Å². The van der Waals surface area contributed by atoms with Crippen molar-refractivity contribution in [2.24, 2.45) is 23.7 Å². The lowest BCUT2D eigenvalue weighted by Crippen LogP contribution is -2.22. The van der Waals surface area contributed by atoms with Crippen LogP contribution in [0.1, 0.15) is 93.9 Å². The van der Waals surface area contributed by atoms with Crippen LogP contribution in [0.2, 0.25) is 0 Å². The molecule has 2 heteroatoms. The Bertz CT molecular complexity index is 243. The second-order valence-corrected chi connectivity index (χ2v) is 10.0. The molecule has 0 radical (unpaired) electrons. The molecule has 26 heavy (non-hydrogen) atoms. The van der Waals surface area contributed by atoms with Crippen molar-refractivity contribution in [2.45, 2.75) is 93.9 Å². The first-order valence-electron chi connectivity index (χ1n) is 11.4. The highest BCUT2D eigenvalue weighted by Crippen LogP contribution is 2.07. The molecule has 0 rings (SSSR count). The second-order valence-electron chi connectivity index (χ2n) is 10.0. The van der Waals surface area contributed by atoms with Gasteiger partial charge < -0.3 is 9.80 Å². The monoisotopic (exact) mass is 370 g/mol. The van der Waals surface area contributed by atoms with Crippen LogP contribution in [0.15, 0.2) is 0 Å². The van der Waals surface area contributed by atoms with E-state index < -0.39 is 0 Å². The van der Waals surface area contributed by atoms with Crippen LogP contribution in [-0.4, -0.2) is 50.1 Å². The minimum absolute atomic E-state index is 0.840. The van der Waals surface area contributed by atoms with E-state index in [4.69, 9.17) is 0 Å². The fourth-order valence-electron chi connectivity index (χ4n) is 2.72. The smallest absolute Gasteiger partial charge is 0.00194 e. The van der Waals surface area contributed by atoms with E-state index in [0.717, 1.165) is 23.7 Å². The third-order valence-corrected chi connectivity index (χ3v) is 4.82. The topological polar surface area (TPSA) is 6.48 Å². The molecule has 0 fully saturated rings. The van der Waals surface area contributed by atoms with Crippen molar-refractivity contribution in [3.05, 3.63) is 0 Å². The van der Waals surface area contributed by atoms with Crippen LogP contribution in [-0.2, 0) is 0 Å². The summed E-state index contributed by atoms with van der Waals surface area (Å²) in [6.07, 6.45) is 8.10. The van der Waals surface area contributed by atoms with Gasteiger partial charge in [-0.25, -0.2) is 0 Å². The van der Waals surface area contributed by atoms with Crippen LogP contribution in [0.5, 0.6) is 0 Å². The fraction of sp³-hybridized carbons (Fsp3) is 1.00. The van der Waals surface area contributed by atoms with Crippen molar-refractivity contribution in [1.82, 2.24) is 9.80 Å². The lowest BCUT2D eigenvalue weighted by molar-refractivity contribution is 0.298. The molecule has 0 saturated heterocycles. The number of hydrogen-bond acceptors (Lipinski definition) is 2. The third-order valence-electron chi connectivity index (χ3n) is 4.82. The number of nitrogens with zero attached hydrogens (tertiary/aromatic N) is 2. The Hall–Kier alpha value is -0.0800. The summed E-state index contributed by atoms with van der Waals surface area (Å²) in [5.41, 5.74) is 0. The lowest BCUT2D eigenvalue weighted by atomic mass is 10.1. The number of rotatable bonds is 14. The highest BCUT2D eigenvalue weighted by atomic mass is 15.1. The van der Waals surface area contributed by atoms with Gasteiger partial charge in [-0.15, -0.1) is 0 Å². The maximum absolute atomic E-state index is 2.46. The van der Waals surface area contributed by atoms with Crippen LogP contribution >= 0.6 is 0 Å². The first-order chi connectivity index (χ1) is 12.0. The second kappa shape index (κ2) is 18.3. The third kappa shape index (κ3) is 26.2. The van der Waals surface area contributed by atoms with Crippen molar-refractivity contribution in [1.29, 1.82) is 0 Å². The van der Waals surface area contributed by atoms with E-state index in [1.807, 2.05) is 0 Å². The number of hydrogen-bond donors (Lipinski definition) is 0. The van der Waals surface area contributed by atoms with Gasteiger partial charge >= 0.3 is 0 Å². The Balaban J connectivity index is 0. The first-order valence-corrected chi connectivity index (χ1v) is 11.4. The SMILES string of the molecule is CC(C)CCCN(C)CCC(C)C.CC(C)CCCN(C)CCC(C)C. The lowest BCUT2D eigenvalue weighted by Gasteiger charge is -2.18. The predicted octanol–water partition coefficient (Wildman–Crippen LogP) is 6.80. The molecular weight excluding hydrogens is 316 g/mol. The molecule has 0 aromatic rings. The van der Waals surface area contributed by atoms with Gasteiger partial charge in [0.15, 0.2) is 0 Å². The Kier molecular flexibility index (Phi) is 19.8. The fourth-order valence-corrected chi connectivity index (χ4v) is 2.72. The van der Waals surface area contributed by atoms with Gasteiger partial charge in [0.2, 0.25) is 0 Å². The first kappa shape index (κ1) is 28.1. The quantitative estimate of drug-likeness (QED) is 0.332. The van der Waals surface area contributed by atoms with Crippen molar-refractivity contribution in [3.8, 4) is 0 Å². The van der Waals surface area contributed by atoms with E-state index in [2.05, 4.69) is 79.3 Å². The van der Waals surface area contributed by atoms with Crippen molar-refractivity contribution in [2.75, 3.05) is 40.3 Å². The van der Waals surface area contributed by atoms with Gasteiger partial charge in [0.05, 0.1) is 0 Å². The largest absolute Gasteiger partial charge is 0.306 e. The van der Waals surface area contributed by atoms with Gasteiger partial charge in [0.25, 0.3) is 0 Å². The molecule has 0 aliphatic rings. The molecule has 0 bridgehead atoms. The molecule has 0 unspecified atom stereocenters. The zero-order valence-corrected chi connectivity index (χ0v) is 20.3. The molecule has 0 heterocycles. The highest BCUT2D eigenvalue weighted by molar-refractivity contribution is 4.56. The summed E-state index contributed by atoms with van der Waals surface area (Å²) in [5, 5.41) is 0. The molecule has 0 amide bonds. The summed E-state index contributed by atoms with van der Waals surface area (Å²) >= 11 is 0. The minimum atomic E-state index is 0.840. The molecule has 0 aromatic heterocycles. The van der Waals surface area contributed by atoms with E-state index in [1.54, 1.807) is 0 Å². The van der Waals surface area contributed by atoms with E-state index in [1.165, 1.54) is 64.7 Å². The van der Waals surface area contributed by atoms with Gasteiger partial charge in [-0.2, -0.15) is 0 Å². The van der Waals surface area contributed by atoms with Gasteiger partial charge in [-0.1, -0.05) is 55.4 Å². The van der Waals surface area contributed by atoms with E-state index in [0.29, 0.717) is 0 Å². The molecule has 160 valence electrons. The molecule has 0 aliphatic carbocycles. The Morgan fingerprint density at radius 3 is 0.923 bits per heavy atom. The molecule has 0 atom stereocenters.